The average Bonchev–Trinajstić information content (AvgIpc) is 3.19. The van der Waals surface area contributed by atoms with E-state index >= 15 is 0 Å². The first-order valence-electron chi connectivity index (χ1n) is 9.89. The van der Waals surface area contributed by atoms with E-state index < -0.39 is 0 Å². The van der Waals surface area contributed by atoms with E-state index in [0.29, 0.717) is 10.8 Å². The third-order valence-corrected chi connectivity index (χ3v) is 5.79. The number of thiazole rings is 1. The Bertz CT molecular complexity index is 951. The molecule has 1 aliphatic rings. The van der Waals surface area contributed by atoms with E-state index in [4.69, 9.17) is 0 Å². The minimum absolute atomic E-state index is 0.104. The lowest BCUT2D eigenvalue weighted by Gasteiger charge is -2.32. The van der Waals surface area contributed by atoms with Crippen molar-refractivity contribution in [2.75, 3.05) is 18.4 Å². The van der Waals surface area contributed by atoms with Crippen LogP contribution >= 0.6 is 11.3 Å². The van der Waals surface area contributed by atoms with Crippen molar-refractivity contribution < 1.29 is 4.79 Å². The van der Waals surface area contributed by atoms with E-state index in [2.05, 4.69) is 49.8 Å². The lowest BCUT2D eigenvalue weighted by molar-refractivity contribution is 0.0904. The highest BCUT2D eigenvalue weighted by atomic mass is 32.1. The molecule has 3 heterocycles. The van der Waals surface area contributed by atoms with Crippen molar-refractivity contribution in [3.63, 3.8) is 0 Å². The smallest absolute Gasteiger partial charge is 0.271 e. The van der Waals surface area contributed by atoms with E-state index in [9.17, 15) is 4.79 Å². The monoisotopic (exact) mass is 407 g/mol. The Morgan fingerprint density at radius 2 is 1.90 bits per heavy atom. The van der Waals surface area contributed by atoms with Gasteiger partial charge in [0.25, 0.3) is 5.91 Å². The van der Waals surface area contributed by atoms with E-state index in [0.717, 1.165) is 44.0 Å². The Morgan fingerprint density at radius 1 is 1.10 bits per heavy atom. The number of pyridine rings is 1. The molecule has 3 aromatic rings. The molecule has 2 aromatic heterocycles. The van der Waals surface area contributed by atoms with Gasteiger partial charge in [0.2, 0.25) is 0 Å². The lowest BCUT2D eigenvalue weighted by Crippen LogP contribution is -2.44. The molecule has 1 aliphatic heterocycles. The van der Waals surface area contributed by atoms with Crippen LogP contribution in [-0.2, 0) is 6.54 Å². The summed E-state index contributed by atoms with van der Waals surface area (Å²) < 4.78 is 0. The van der Waals surface area contributed by atoms with E-state index in [1.54, 1.807) is 5.38 Å². The number of nitrogens with zero attached hydrogens (tertiary/aromatic N) is 3. The van der Waals surface area contributed by atoms with Crippen molar-refractivity contribution >= 4 is 28.2 Å². The highest BCUT2D eigenvalue weighted by molar-refractivity contribution is 7.14. The molecule has 0 bridgehead atoms. The van der Waals surface area contributed by atoms with Crippen molar-refractivity contribution in [1.29, 1.82) is 0 Å². The van der Waals surface area contributed by atoms with Gasteiger partial charge in [-0.2, -0.15) is 0 Å². The molecule has 0 spiro atoms. The molecule has 0 atom stereocenters. The lowest BCUT2D eigenvalue weighted by atomic mass is 10.0. The van der Waals surface area contributed by atoms with Crippen molar-refractivity contribution in [2.45, 2.75) is 32.4 Å². The number of aromatic nitrogens is 2. The van der Waals surface area contributed by atoms with Crippen molar-refractivity contribution in [3.8, 4) is 0 Å². The molecule has 29 heavy (non-hydrogen) atoms. The molecule has 2 N–H and O–H groups in total. The molecule has 6 nitrogen and oxygen atoms in total. The molecule has 1 amide bonds. The second kappa shape index (κ2) is 9.15. The van der Waals surface area contributed by atoms with E-state index in [-0.39, 0.29) is 11.9 Å². The highest BCUT2D eigenvalue weighted by Gasteiger charge is 2.22. The number of carbonyl (C=O) groups excluding carboxylic acids is 1. The standard InChI is InChI=1S/C22H25N5OS/c1-16-6-5-9-20(23-16)26-22-25-19(15-29-22)21(28)24-18-10-12-27(13-11-18)14-17-7-3-2-4-8-17/h2-9,15,18H,10-14H2,1H3,(H,24,28)(H,23,25,26). The van der Waals surface area contributed by atoms with Crippen LogP contribution in [0.4, 0.5) is 10.9 Å². The van der Waals surface area contributed by atoms with Crippen LogP contribution in [-0.4, -0.2) is 39.9 Å². The Morgan fingerprint density at radius 3 is 2.66 bits per heavy atom. The minimum atomic E-state index is -0.104. The molecule has 4 rings (SSSR count). The molecule has 0 saturated carbocycles. The number of benzene rings is 1. The van der Waals surface area contributed by atoms with Crippen LogP contribution < -0.4 is 10.6 Å². The maximum absolute atomic E-state index is 12.6. The number of nitrogens with one attached hydrogen (secondary N) is 2. The fourth-order valence-electron chi connectivity index (χ4n) is 3.49. The first-order valence-corrected chi connectivity index (χ1v) is 10.8. The summed E-state index contributed by atoms with van der Waals surface area (Å²) in [4.78, 5) is 23.8. The van der Waals surface area contributed by atoms with Gasteiger partial charge in [-0.25, -0.2) is 9.97 Å². The third-order valence-electron chi connectivity index (χ3n) is 5.03. The highest BCUT2D eigenvalue weighted by Crippen LogP contribution is 2.20. The Labute approximate surface area is 175 Å². The van der Waals surface area contributed by atoms with E-state index in [1.165, 1.54) is 16.9 Å². The third kappa shape index (κ3) is 5.40. The number of hydrogen-bond donors (Lipinski definition) is 2. The molecular formula is C22H25N5OS. The maximum Gasteiger partial charge on any atom is 0.271 e. The summed E-state index contributed by atoms with van der Waals surface area (Å²) in [6.07, 6.45) is 1.92. The topological polar surface area (TPSA) is 70.2 Å². The Kier molecular flexibility index (Phi) is 6.17. The number of anilines is 2. The summed E-state index contributed by atoms with van der Waals surface area (Å²) >= 11 is 1.41. The zero-order chi connectivity index (χ0) is 20.1. The molecule has 150 valence electrons. The predicted octanol–water partition coefficient (Wildman–Crippen LogP) is 3.98. The minimum Gasteiger partial charge on any atom is -0.348 e. The summed E-state index contributed by atoms with van der Waals surface area (Å²) in [5.41, 5.74) is 2.72. The molecule has 7 heteroatoms. The van der Waals surface area contributed by atoms with Gasteiger partial charge in [-0.05, 0) is 37.5 Å². The van der Waals surface area contributed by atoms with Crippen LogP contribution in [0.5, 0.6) is 0 Å². The molecule has 1 aromatic carbocycles. The second-order valence-corrected chi connectivity index (χ2v) is 8.19. The van der Waals surface area contributed by atoms with Crippen LogP contribution in [0.25, 0.3) is 0 Å². The fraction of sp³-hybridized carbons (Fsp3) is 0.318. The fourth-order valence-corrected chi connectivity index (χ4v) is 4.19. The summed E-state index contributed by atoms with van der Waals surface area (Å²) in [5, 5.41) is 8.77. The molecule has 0 radical (unpaired) electrons. The van der Waals surface area contributed by atoms with Gasteiger partial charge in [-0.15, -0.1) is 11.3 Å². The normalized spacial score (nSPS) is 15.2. The van der Waals surface area contributed by atoms with Crippen LogP contribution in [0.1, 0.15) is 34.6 Å². The molecule has 1 saturated heterocycles. The van der Waals surface area contributed by atoms with Crippen LogP contribution in [0.3, 0.4) is 0 Å². The van der Waals surface area contributed by atoms with Gasteiger partial charge in [-0.1, -0.05) is 36.4 Å². The van der Waals surface area contributed by atoms with Gasteiger partial charge < -0.3 is 10.6 Å². The van der Waals surface area contributed by atoms with E-state index in [1.807, 2.05) is 31.2 Å². The molecule has 1 fully saturated rings. The van der Waals surface area contributed by atoms with Gasteiger partial charge in [0, 0.05) is 36.8 Å². The number of likely N-dealkylation sites (tertiary alicyclic amines) is 1. The largest absolute Gasteiger partial charge is 0.348 e. The molecule has 0 aliphatic carbocycles. The van der Waals surface area contributed by atoms with Crippen LogP contribution in [0, 0.1) is 6.92 Å². The van der Waals surface area contributed by atoms with Crippen molar-refractivity contribution in [1.82, 2.24) is 20.2 Å². The molecule has 0 unspecified atom stereocenters. The van der Waals surface area contributed by atoms with Crippen molar-refractivity contribution in [3.05, 3.63) is 70.9 Å². The van der Waals surface area contributed by atoms with Crippen LogP contribution in [0.15, 0.2) is 53.9 Å². The quantitative estimate of drug-likeness (QED) is 0.647. The van der Waals surface area contributed by atoms with Crippen LogP contribution in [0.2, 0.25) is 0 Å². The number of amides is 1. The number of rotatable bonds is 6. The Hall–Kier alpha value is -2.77. The number of carbonyl (C=O) groups is 1. The molecular weight excluding hydrogens is 382 g/mol. The summed E-state index contributed by atoms with van der Waals surface area (Å²) in [5.74, 6) is 0.630. The Balaban J connectivity index is 1.26. The average molecular weight is 408 g/mol. The number of aryl methyl sites for hydroxylation is 1. The van der Waals surface area contributed by atoms with Gasteiger partial charge in [0.15, 0.2) is 5.13 Å². The zero-order valence-corrected chi connectivity index (χ0v) is 17.3. The first kappa shape index (κ1) is 19.5. The predicted molar refractivity (Wildman–Crippen MR) is 117 cm³/mol. The summed E-state index contributed by atoms with van der Waals surface area (Å²) in [6.45, 7) is 4.89. The SMILES string of the molecule is Cc1cccc(Nc2nc(C(=O)NC3CCN(Cc4ccccc4)CC3)cs2)n1. The van der Waals surface area contributed by atoms with Gasteiger partial charge in [0.1, 0.15) is 11.5 Å². The first-order chi connectivity index (χ1) is 14.2. The zero-order valence-electron chi connectivity index (χ0n) is 16.5. The number of piperidine rings is 1. The number of hydrogen-bond acceptors (Lipinski definition) is 6. The van der Waals surface area contributed by atoms with Gasteiger partial charge >= 0.3 is 0 Å². The van der Waals surface area contributed by atoms with Crippen molar-refractivity contribution in [2.24, 2.45) is 0 Å². The van der Waals surface area contributed by atoms with Gasteiger partial charge in [-0.3, -0.25) is 9.69 Å². The summed E-state index contributed by atoms with van der Waals surface area (Å²) in [7, 11) is 0. The summed E-state index contributed by atoms with van der Waals surface area (Å²) in [6, 6.07) is 16.5. The van der Waals surface area contributed by atoms with Gasteiger partial charge in [0.05, 0.1) is 0 Å². The maximum atomic E-state index is 12.6. The second-order valence-electron chi connectivity index (χ2n) is 7.34.